The molecule has 2 N–H and O–H groups in total. The van der Waals surface area contributed by atoms with E-state index in [0.717, 1.165) is 38.5 Å². The van der Waals surface area contributed by atoms with E-state index < -0.39 is 0 Å². The molecule has 20 heavy (non-hydrogen) atoms. The van der Waals surface area contributed by atoms with E-state index in [1.807, 2.05) is 11.8 Å². The molecule has 2 aliphatic rings. The third kappa shape index (κ3) is 5.58. The van der Waals surface area contributed by atoms with Crippen LogP contribution in [0.25, 0.3) is 0 Å². The minimum atomic E-state index is -0.0381. The van der Waals surface area contributed by atoms with Crippen LogP contribution in [0.15, 0.2) is 0 Å². The lowest BCUT2D eigenvalue weighted by molar-refractivity contribution is -0.134. The molecule has 2 fully saturated rings. The Morgan fingerprint density at radius 1 is 1.25 bits per heavy atom. The molecule has 1 saturated carbocycles. The van der Waals surface area contributed by atoms with Gasteiger partial charge in [-0.2, -0.15) is 0 Å². The minimum Gasteiger partial charge on any atom is -0.378 e. The van der Waals surface area contributed by atoms with Gasteiger partial charge < -0.3 is 15.4 Å². The SMILES string of the molecule is CC(N)CC(=O)N1CCC(OCC2CCCC2)CC1.Cl. The zero-order valence-electron chi connectivity index (χ0n) is 12.6. The molecule has 0 aromatic rings. The fraction of sp³-hybridized carbons (Fsp3) is 0.933. The van der Waals surface area contributed by atoms with Gasteiger partial charge in [0.2, 0.25) is 5.91 Å². The van der Waals surface area contributed by atoms with Crippen LogP contribution in [-0.2, 0) is 9.53 Å². The van der Waals surface area contributed by atoms with Crippen LogP contribution in [0.3, 0.4) is 0 Å². The van der Waals surface area contributed by atoms with Crippen LogP contribution in [0.2, 0.25) is 0 Å². The van der Waals surface area contributed by atoms with Crippen molar-refractivity contribution < 1.29 is 9.53 Å². The van der Waals surface area contributed by atoms with Gasteiger partial charge in [0.1, 0.15) is 0 Å². The summed E-state index contributed by atoms with van der Waals surface area (Å²) in [4.78, 5) is 13.8. The van der Waals surface area contributed by atoms with Crippen molar-refractivity contribution in [1.82, 2.24) is 4.90 Å². The average molecular weight is 305 g/mol. The summed E-state index contributed by atoms with van der Waals surface area (Å²) < 4.78 is 6.01. The van der Waals surface area contributed by atoms with Gasteiger partial charge in [0.05, 0.1) is 6.10 Å². The van der Waals surface area contributed by atoms with E-state index in [0.29, 0.717) is 12.5 Å². The summed E-state index contributed by atoms with van der Waals surface area (Å²) in [7, 11) is 0. The number of nitrogens with two attached hydrogens (primary N) is 1. The van der Waals surface area contributed by atoms with Crippen LogP contribution in [0.5, 0.6) is 0 Å². The molecule has 118 valence electrons. The molecule has 4 nitrogen and oxygen atoms in total. The minimum absolute atomic E-state index is 0. The second-order valence-corrected chi connectivity index (χ2v) is 6.25. The van der Waals surface area contributed by atoms with E-state index in [1.54, 1.807) is 0 Å². The van der Waals surface area contributed by atoms with Crippen molar-refractivity contribution >= 4 is 18.3 Å². The van der Waals surface area contributed by atoms with Gasteiger partial charge in [-0.05, 0) is 38.5 Å². The number of piperidine rings is 1. The van der Waals surface area contributed by atoms with Crippen molar-refractivity contribution in [1.29, 1.82) is 0 Å². The van der Waals surface area contributed by atoms with Gasteiger partial charge in [0.15, 0.2) is 0 Å². The van der Waals surface area contributed by atoms with Gasteiger partial charge >= 0.3 is 0 Å². The second kappa shape index (κ2) is 8.85. The number of carbonyl (C=O) groups is 1. The molecule has 1 heterocycles. The number of hydrogen-bond acceptors (Lipinski definition) is 3. The maximum Gasteiger partial charge on any atom is 0.224 e. The van der Waals surface area contributed by atoms with Gasteiger partial charge in [0, 0.05) is 32.2 Å². The standard InChI is InChI=1S/C15H28N2O2.ClH/c1-12(16)10-15(18)17-8-6-14(7-9-17)19-11-13-4-2-3-5-13;/h12-14H,2-11,16H2,1H3;1H. The maximum absolute atomic E-state index is 11.9. The van der Waals surface area contributed by atoms with Gasteiger partial charge in [-0.3, -0.25) is 4.79 Å². The highest BCUT2D eigenvalue weighted by atomic mass is 35.5. The van der Waals surface area contributed by atoms with Crippen LogP contribution in [0.4, 0.5) is 0 Å². The average Bonchev–Trinajstić information content (AvgIpc) is 2.89. The summed E-state index contributed by atoms with van der Waals surface area (Å²) in [6.45, 7) is 4.48. The number of rotatable bonds is 5. The molecular weight excluding hydrogens is 276 g/mol. The van der Waals surface area contributed by atoms with Crippen molar-refractivity contribution in [2.75, 3.05) is 19.7 Å². The van der Waals surface area contributed by atoms with Crippen molar-refractivity contribution in [3.8, 4) is 0 Å². The Balaban J connectivity index is 0.00000200. The predicted octanol–water partition coefficient (Wildman–Crippen LogP) is 2.34. The third-order valence-corrected chi connectivity index (χ3v) is 4.33. The van der Waals surface area contributed by atoms with Crippen molar-refractivity contribution in [3.05, 3.63) is 0 Å². The largest absolute Gasteiger partial charge is 0.378 e. The zero-order chi connectivity index (χ0) is 13.7. The molecule has 1 aliphatic heterocycles. The van der Waals surface area contributed by atoms with Crippen LogP contribution >= 0.6 is 12.4 Å². The Labute approximate surface area is 128 Å². The summed E-state index contributed by atoms with van der Waals surface area (Å²) in [6, 6.07) is -0.0381. The highest BCUT2D eigenvalue weighted by Crippen LogP contribution is 2.26. The number of amides is 1. The summed E-state index contributed by atoms with van der Waals surface area (Å²) >= 11 is 0. The Bertz CT molecular complexity index is 286. The normalized spacial score (nSPS) is 22.6. The molecule has 1 aliphatic carbocycles. The van der Waals surface area contributed by atoms with Crippen LogP contribution in [0, 0.1) is 5.92 Å². The van der Waals surface area contributed by atoms with Gasteiger partial charge in [-0.1, -0.05) is 12.8 Å². The second-order valence-electron chi connectivity index (χ2n) is 6.25. The topological polar surface area (TPSA) is 55.6 Å². The zero-order valence-corrected chi connectivity index (χ0v) is 13.4. The first kappa shape index (κ1) is 17.7. The molecule has 0 aromatic carbocycles. The quantitative estimate of drug-likeness (QED) is 0.848. The monoisotopic (exact) mass is 304 g/mol. The number of halogens is 1. The Morgan fingerprint density at radius 3 is 2.40 bits per heavy atom. The molecule has 0 spiro atoms. The van der Waals surface area contributed by atoms with Crippen LogP contribution < -0.4 is 5.73 Å². The first-order chi connectivity index (χ1) is 9.15. The van der Waals surface area contributed by atoms with Gasteiger partial charge in [-0.15, -0.1) is 12.4 Å². The van der Waals surface area contributed by atoms with Crippen LogP contribution in [-0.4, -0.2) is 42.6 Å². The molecule has 2 rings (SSSR count). The maximum atomic E-state index is 11.9. The molecule has 1 unspecified atom stereocenters. The Morgan fingerprint density at radius 2 is 1.85 bits per heavy atom. The number of hydrogen-bond donors (Lipinski definition) is 1. The molecule has 5 heteroatoms. The van der Waals surface area contributed by atoms with Crippen molar-refractivity contribution in [2.45, 2.75) is 64.0 Å². The highest BCUT2D eigenvalue weighted by Gasteiger charge is 2.24. The predicted molar refractivity (Wildman–Crippen MR) is 83.0 cm³/mol. The summed E-state index contributed by atoms with van der Waals surface area (Å²) in [5.74, 6) is 0.988. The number of likely N-dealkylation sites (tertiary alicyclic amines) is 1. The summed E-state index contributed by atoms with van der Waals surface area (Å²) in [5.41, 5.74) is 5.67. The summed E-state index contributed by atoms with van der Waals surface area (Å²) in [5, 5.41) is 0. The van der Waals surface area contributed by atoms with Crippen molar-refractivity contribution in [3.63, 3.8) is 0 Å². The van der Waals surface area contributed by atoms with E-state index in [2.05, 4.69) is 0 Å². The van der Waals surface area contributed by atoms with E-state index >= 15 is 0 Å². The smallest absolute Gasteiger partial charge is 0.224 e. The first-order valence-corrected chi connectivity index (χ1v) is 7.80. The van der Waals surface area contributed by atoms with E-state index in [9.17, 15) is 4.79 Å². The lowest BCUT2D eigenvalue weighted by Crippen LogP contribution is -2.42. The molecule has 0 bridgehead atoms. The lowest BCUT2D eigenvalue weighted by Gasteiger charge is -2.32. The van der Waals surface area contributed by atoms with Gasteiger partial charge in [-0.25, -0.2) is 0 Å². The number of carbonyl (C=O) groups excluding carboxylic acids is 1. The number of nitrogens with zero attached hydrogens (tertiary/aromatic N) is 1. The van der Waals surface area contributed by atoms with E-state index in [1.165, 1.54) is 25.7 Å². The molecule has 1 amide bonds. The van der Waals surface area contributed by atoms with Crippen LogP contribution in [0.1, 0.15) is 51.9 Å². The van der Waals surface area contributed by atoms with E-state index in [4.69, 9.17) is 10.5 Å². The molecule has 1 atom stereocenters. The molecular formula is C15H29ClN2O2. The highest BCUT2D eigenvalue weighted by molar-refractivity contribution is 5.85. The number of ether oxygens (including phenoxy) is 1. The lowest BCUT2D eigenvalue weighted by atomic mass is 10.1. The van der Waals surface area contributed by atoms with E-state index in [-0.39, 0.29) is 24.4 Å². The molecule has 1 saturated heterocycles. The van der Waals surface area contributed by atoms with Gasteiger partial charge in [0.25, 0.3) is 0 Å². The molecule has 0 radical (unpaired) electrons. The third-order valence-electron chi connectivity index (χ3n) is 4.33. The molecule has 0 aromatic heterocycles. The first-order valence-electron chi connectivity index (χ1n) is 7.80. The fourth-order valence-electron chi connectivity index (χ4n) is 3.13. The Kier molecular flexibility index (Phi) is 7.85. The Hall–Kier alpha value is -0.320. The fourth-order valence-corrected chi connectivity index (χ4v) is 3.13. The summed E-state index contributed by atoms with van der Waals surface area (Å²) in [6.07, 6.45) is 8.22. The van der Waals surface area contributed by atoms with Crippen molar-refractivity contribution in [2.24, 2.45) is 11.7 Å².